The van der Waals surface area contributed by atoms with E-state index >= 15 is 0 Å². The van der Waals surface area contributed by atoms with Crippen molar-refractivity contribution in [2.45, 2.75) is 19.3 Å². The summed E-state index contributed by atoms with van der Waals surface area (Å²) in [6.45, 7) is 2.14. The van der Waals surface area contributed by atoms with Gasteiger partial charge < -0.3 is 10.1 Å². The normalized spacial score (nSPS) is 30.6. The van der Waals surface area contributed by atoms with Crippen LogP contribution in [0.2, 0.25) is 0 Å². The number of allylic oxidation sites excluding steroid dienone is 6. The lowest BCUT2D eigenvalue weighted by Crippen LogP contribution is -2.38. The smallest absolute Gasteiger partial charge is 0.0647 e. The number of hydrogen-bond acceptors (Lipinski definition) is 3. The Labute approximate surface area is 95.4 Å². The van der Waals surface area contributed by atoms with Gasteiger partial charge in [0.05, 0.1) is 5.71 Å². The minimum atomic E-state index is 0.578. The van der Waals surface area contributed by atoms with Crippen molar-refractivity contribution in [3.05, 3.63) is 35.6 Å². The number of piperidine rings is 1. The molecule has 0 aromatic carbocycles. The molecule has 1 atom stereocenters. The van der Waals surface area contributed by atoms with Gasteiger partial charge in [0.25, 0.3) is 0 Å². The second kappa shape index (κ2) is 3.81. The van der Waals surface area contributed by atoms with Gasteiger partial charge in [-0.15, -0.1) is 0 Å². The SMILES string of the molecule is ON=C1CCN2CCC3C=CC=CC3=C2C1. The molecule has 0 aromatic rings. The molecule has 0 spiro atoms. The molecule has 16 heavy (non-hydrogen) atoms. The highest BCUT2D eigenvalue weighted by Gasteiger charge is 2.29. The molecule has 2 aliphatic heterocycles. The fourth-order valence-corrected chi connectivity index (χ4v) is 2.85. The first kappa shape index (κ1) is 9.70. The van der Waals surface area contributed by atoms with Crippen LogP contribution in [-0.2, 0) is 0 Å². The summed E-state index contributed by atoms with van der Waals surface area (Å²) in [5, 5.41) is 12.3. The third-order valence-corrected chi connectivity index (χ3v) is 3.74. The van der Waals surface area contributed by atoms with E-state index in [1.165, 1.54) is 17.7 Å². The van der Waals surface area contributed by atoms with E-state index in [1.54, 1.807) is 0 Å². The molecule has 3 nitrogen and oxygen atoms in total. The summed E-state index contributed by atoms with van der Waals surface area (Å²) in [6, 6.07) is 0. The van der Waals surface area contributed by atoms with Gasteiger partial charge in [0.2, 0.25) is 0 Å². The van der Waals surface area contributed by atoms with E-state index in [0.29, 0.717) is 5.92 Å². The van der Waals surface area contributed by atoms with Crippen molar-refractivity contribution in [1.82, 2.24) is 4.90 Å². The molecule has 3 rings (SSSR count). The van der Waals surface area contributed by atoms with Crippen molar-refractivity contribution in [3.8, 4) is 0 Å². The predicted octanol–water partition coefficient (Wildman–Crippen LogP) is 2.31. The molecular formula is C13H16N2O. The van der Waals surface area contributed by atoms with Crippen LogP contribution in [0.4, 0.5) is 0 Å². The Morgan fingerprint density at radius 1 is 1.31 bits per heavy atom. The van der Waals surface area contributed by atoms with Crippen LogP contribution in [0.1, 0.15) is 19.3 Å². The van der Waals surface area contributed by atoms with Gasteiger partial charge in [-0.2, -0.15) is 0 Å². The van der Waals surface area contributed by atoms with Crippen LogP contribution >= 0.6 is 0 Å². The van der Waals surface area contributed by atoms with Gasteiger partial charge in [-0.05, 0) is 12.0 Å². The van der Waals surface area contributed by atoms with Gasteiger partial charge in [-0.25, -0.2) is 0 Å². The summed E-state index contributed by atoms with van der Waals surface area (Å²) in [5.74, 6) is 0.578. The summed E-state index contributed by atoms with van der Waals surface area (Å²) in [5.41, 5.74) is 3.72. The molecule has 1 saturated heterocycles. The Balaban J connectivity index is 1.99. The molecule has 0 radical (unpaired) electrons. The van der Waals surface area contributed by atoms with Crippen molar-refractivity contribution < 1.29 is 5.21 Å². The zero-order chi connectivity index (χ0) is 11.0. The quantitative estimate of drug-likeness (QED) is 0.498. The maximum Gasteiger partial charge on any atom is 0.0647 e. The van der Waals surface area contributed by atoms with Gasteiger partial charge in [-0.3, -0.25) is 0 Å². The first-order valence-corrected chi connectivity index (χ1v) is 5.91. The van der Waals surface area contributed by atoms with E-state index in [1.807, 2.05) is 0 Å². The van der Waals surface area contributed by atoms with Crippen molar-refractivity contribution in [2.24, 2.45) is 11.1 Å². The summed E-state index contributed by atoms with van der Waals surface area (Å²) >= 11 is 0. The van der Waals surface area contributed by atoms with Crippen molar-refractivity contribution in [3.63, 3.8) is 0 Å². The van der Waals surface area contributed by atoms with Crippen LogP contribution in [0.5, 0.6) is 0 Å². The average molecular weight is 216 g/mol. The molecule has 2 heterocycles. The van der Waals surface area contributed by atoms with Gasteiger partial charge in [0.1, 0.15) is 0 Å². The molecule has 0 aromatic heterocycles. The Morgan fingerprint density at radius 3 is 3.12 bits per heavy atom. The van der Waals surface area contributed by atoms with Crippen LogP contribution in [0.25, 0.3) is 0 Å². The summed E-state index contributed by atoms with van der Waals surface area (Å²) in [7, 11) is 0. The Morgan fingerprint density at radius 2 is 2.25 bits per heavy atom. The van der Waals surface area contributed by atoms with E-state index in [0.717, 1.165) is 31.6 Å². The number of nitrogens with zero attached hydrogens (tertiary/aromatic N) is 2. The highest BCUT2D eigenvalue weighted by molar-refractivity contribution is 5.87. The largest absolute Gasteiger partial charge is 0.411 e. The van der Waals surface area contributed by atoms with E-state index in [2.05, 4.69) is 34.4 Å². The number of hydrogen-bond donors (Lipinski definition) is 1. The number of oxime groups is 1. The maximum absolute atomic E-state index is 8.89. The maximum atomic E-state index is 8.89. The molecular weight excluding hydrogens is 200 g/mol. The molecule has 3 heteroatoms. The fourth-order valence-electron chi connectivity index (χ4n) is 2.85. The van der Waals surface area contributed by atoms with Crippen LogP contribution in [0, 0.1) is 5.92 Å². The van der Waals surface area contributed by atoms with Gasteiger partial charge in [0.15, 0.2) is 0 Å². The summed E-state index contributed by atoms with van der Waals surface area (Å²) in [4.78, 5) is 2.45. The Bertz CT molecular complexity index is 418. The van der Waals surface area contributed by atoms with E-state index < -0.39 is 0 Å². The highest BCUT2D eigenvalue weighted by Crippen LogP contribution is 2.35. The molecule has 0 saturated carbocycles. The first-order valence-electron chi connectivity index (χ1n) is 5.91. The lowest BCUT2D eigenvalue weighted by atomic mass is 9.83. The molecule has 1 unspecified atom stereocenters. The zero-order valence-electron chi connectivity index (χ0n) is 9.26. The number of fused-ring (bicyclic) bond motifs is 2. The third-order valence-electron chi connectivity index (χ3n) is 3.74. The minimum Gasteiger partial charge on any atom is -0.411 e. The summed E-state index contributed by atoms with van der Waals surface area (Å²) in [6.07, 6.45) is 11.7. The van der Waals surface area contributed by atoms with E-state index in [9.17, 15) is 0 Å². The minimum absolute atomic E-state index is 0.578. The monoisotopic (exact) mass is 216 g/mol. The predicted molar refractivity (Wildman–Crippen MR) is 63.4 cm³/mol. The van der Waals surface area contributed by atoms with Crippen molar-refractivity contribution in [1.29, 1.82) is 0 Å². The zero-order valence-corrected chi connectivity index (χ0v) is 9.26. The second-order valence-corrected chi connectivity index (χ2v) is 4.62. The van der Waals surface area contributed by atoms with Crippen molar-refractivity contribution in [2.75, 3.05) is 13.1 Å². The molecule has 3 aliphatic rings. The van der Waals surface area contributed by atoms with E-state index in [-0.39, 0.29) is 0 Å². The lowest BCUT2D eigenvalue weighted by Gasteiger charge is -2.40. The molecule has 0 amide bonds. The summed E-state index contributed by atoms with van der Waals surface area (Å²) < 4.78 is 0. The van der Waals surface area contributed by atoms with Crippen molar-refractivity contribution >= 4 is 5.71 Å². The Hall–Kier alpha value is -1.51. The second-order valence-electron chi connectivity index (χ2n) is 4.62. The first-order chi connectivity index (χ1) is 7.88. The van der Waals surface area contributed by atoms with Gasteiger partial charge in [-0.1, -0.05) is 29.5 Å². The van der Waals surface area contributed by atoms with Crippen LogP contribution in [0.3, 0.4) is 0 Å². The van der Waals surface area contributed by atoms with E-state index in [4.69, 9.17) is 5.21 Å². The molecule has 1 fully saturated rings. The molecule has 1 N–H and O–H groups in total. The highest BCUT2D eigenvalue weighted by atomic mass is 16.4. The van der Waals surface area contributed by atoms with Gasteiger partial charge >= 0.3 is 0 Å². The van der Waals surface area contributed by atoms with Crippen LogP contribution in [-0.4, -0.2) is 28.9 Å². The Kier molecular flexibility index (Phi) is 2.31. The fraction of sp³-hybridized carbons (Fsp3) is 0.462. The van der Waals surface area contributed by atoms with Gasteiger partial charge in [0, 0.05) is 37.5 Å². The standard InChI is InChI=1S/C13H16N2O/c16-14-11-6-8-15-7-5-10-3-1-2-4-12(10)13(15)9-11/h1-4,10,16H,5-9H2. The molecule has 1 aliphatic carbocycles. The average Bonchev–Trinajstić information content (AvgIpc) is 2.38. The topological polar surface area (TPSA) is 35.8 Å². The molecule has 0 bridgehead atoms. The van der Waals surface area contributed by atoms with Crippen LogP contribution in [0.15, 0.2) is 40.7 Å². The molecule has 84 valence electrons. The lowest BCUT2D eigenvalue weighted by molar-refractivity contribution is 0.279. The number of rotatable bonds is 0. The van der Waals surface area contributed by atoms with Crippen LogP contribution < -0.4 is 0 Å². The third kappa shape index (κ3) is 1.47.